The van der Waals surface area contributed by atoms with Gasteiger partial charge in [0.15, 0.2) is 5.75 Å². The average molecular weight is 930 g/mol. The maximum Gasteiger partial charge on any atom is 0.296 e. The predicted octanol–water partition coefficient (Wildman–Crippen LogP) is 13.1. The second-order valence-corrected chi connectivity index (χ2v) is 17.0. The summed E-state index contributed by atoms with van der Waals surface area (Å²) in [6, 6.07) is 32.5. The van der Waals surface area contributed by atoms with Crippen LogP contribution in [0.2, 0.25) is 0 Å². The number of nitrogens with zero attached hydrogens (tertiary/aromatic N) is 8. The van der Waals surface area contributed by atoms with Gasteiger partial charge in [0.05, 0.1) is 49.0 Å². The molecule has 0 heterocycles. The van der Waals surface area contributed by atoms with Crippen molar-refractivity contribution in [2.45, 2.75) is 23.6 Å². The molecule has 7 aromatic carbocycles. The molecule has 19 nitrogen and oxygen atoms in total. The van der Waals surface area contributed by atoms with Gasteiger partial charge in [-0.15, -0.1) is 20.5 Å². The van der Waals surface area contributed by atoms with Crippen molar-refractivity contribution in [3.05, 3.63) is 132 Å². The summed E-state index contributed by atoms with van der Waals surface area (Å²) in [7, 11) is -5.17. The number of hydrogen-bond acceptors (Lipinski definition) is 17. The lowest BCUT2D eigenvalue weighted by molar-refractivity contribution is 0.405. The van der Waals surface area contributed by atoms with E-state index in [1.54, 1.807) is 54.6 Å². The molecular formula is C45H39N9O10S2. The van der Waals surface area contributed by atoms with Gasteiger partial charge in [0.1, 0.15) is 44.9 Å². The molecule has 0 saturated heterocycles. The number of aryl methyl sites for hydroxylation is 2. The van der Waals surface area contributed by atoms with Crippen molar-refractivity contribution >= 4 is 87.9 Å². The van der Waals surface area contributed by atoms with E-state index in [0.717, 1.165) is 22.9 Å². The summed E-state index contributed by atoms with van der Waals surface area (Å²) in [5.74, 6) is -0.0347. The smallest absolute Gasteiger partial charge is 0.296 e. The zero-order valence-electron chi connectivity index (χ0n) is 35.6. The highest BCUT2D eigenvalue weighted by Gasteiger charge is 2.23. The van der Waals surface area contributed by atoms with Crippen molar-refractivity contribution < 1.29 is 45.3 Å². The molecule has 66 heavy (non-hydrogen) atoms. The van der Waals surface area contributed by atoms with Crippen LogP contribution in [-0.2, 0) is 20.2 Å². The van der Waals surface area contributed by atoms with Gasteiger partial charge in [-0.2, -0.15) is 37.3 Å². The Morgan fingerprint density at radius 1 is 0.485 bits per heavy atom. The molecule has 4 N–H and O–H groups in total. The summed E-state index contributed by atoms with van der Waals surface area (Å²) < 4.78 is 83.9. The van der Waals surface area contributed by atoms with Gasteiger partial charge >= 0.3 is 0 Å². The molecule has 21 heteroatoms. The molecule has 7 rings (SSSR count). The SMILES string of the molecule is COc1cc(N=Nc2c(S(=O)(=O)O)cc3cc(Nc4ccccc4)ccc3c2O)c(OC)cc1N=Nc1ccc(N=Nc2ccc(N=Nc3ccc(S(=O)(=O)O)cc3OC)c(C)c2)c(C)c1. The van der Waals surface area contributed by atoms with Crippen LogP contribution in [0.4, 0.5) is 56.9 Å². The molecular weight excluding hydrogens is 891 g/mol. The number of methoxy groups -OCH3 is 3. The first-order valence-corrected chi connectivity index (χ1v) is 22.3. The summed E-state index contributed by atoms with van der Waals surface area (Å²) in [6.45, 7) is 3.66. The maximum absolute atomic E-state index is 12.6. The van der Waals surface area contributed by atoms with Crippen LogP contribution in [0.3, 0.4) is 0 Å². The van der Waals surface area contributed by atoms with Crippen molar-refractivity contribution in [3.63, 3.8) is 0 Å². The highest BCUT2D eigenvalue weighted by atomic mass is 32.2. The quantitative estimate of drug-likeness (QED) is 0.0554. The first kappa shape index (κ1) is 46.0. The van der Waals surface area contributed by atoms with Crippen LogP contribution in [0.25, 0.3) is 10.8 Å². The summed E-state index contributed by atoms with van der Waals surface area (Å²) >= 11 is 0. The average Bonchev–Trinajstić information content (AvgIpc) is 3.29. The largest absolute Gasteiger partial charge is 0.505 e. The number of para-hydroxylation sites is 1. The summed E-state index contributed by atoms with van der Waals surface area (Å²) in [5.41, 5.74) is 5.14. The van der Waals surface area contributed by atoms with Gasteiger partial charge in [-0.05, 0) is 115 Å². The predicted molar refractivity (Wildman–Crippen MR) is 247 cm³/mol. The molecule has 0 aliphatic carbocycles. The van der Waals surface area contributed by atoms with E-state index in [-0.39, 0.29) is 44.6 Å². The number of aromatic hydroxyl groups is 1. The van der Waals surface area contributed by atoms with E-state index in [0.29, 0.717) is 33.8 Å². The van der Waals surface area contributed by atoms with Gasteiger partial charge in [-0.3, -0.25) is 9.11 Å². The Morgan fingerprint density at radius 3 is 1.55 bits per heavy atom. The Labute approximate surface area is 378 Å². The van der Waals surface area contributed by atoms with Gasteiger partial charge in [0, 0.05) is 35.0 Å². The molecule has 0 fully saturated rings. The number of phenolic OH excluding ortho intramolecular Hbond substituents is 1. The zero-order valence-corrected chi connectivity index (χ0v) is 37.3. The second-order valence-electron chi connectivity index (χ2n) is 14.2. The molecule has 0 aromatic heterocycles. The highest BCUT2D eigenvalue weighted by Crippen LogP contribution is 2.45. The van der Waals surface area contributed by atoms with E-state index in [2.05, 4.69) is 46.2 Å². The van der Waals surface area contributed by atoms with Crippen LogP contribution in [0.15, 0.2) is 172 Å². The maximum atomic E-state index is 12.6. The van der Waals surface area contributed by atoms with Crippen molar-refractivity contribution in [2.75, 3.05) is 26.6 Å². The lowest BCUT2D eigenvalue weighted by Crippen LogP contribution is -1.99. The van der Waals surface area contributed by atoms with E-state index in [1.807, 2.05) is 44.2 Å². The second kappa shape index (κ2) is 19.4. The number of fused-ring (bicyclic) bond motifs is 1. The fourth-order valence-electron chi connectivity index (χ4n) is 6.40. The van der Waals surface area contributed by atoms with E-state index < -0.39 is 36.6 Å². The number of benzene rings is 7. The molecule has 0 atom stereocenters. The molecule has 7 aromatic rings. The minimum Gasteiger partial charge on any atom is -0.505 e. The van der Waals surface area contributed by atoms with Crippen LogP contribution < -0.4 is 19.5 Å². The van der Waals surface area contributed by atoms with E-state index in [1.165, 1.54) is 51.7 Å². The lowest BCUT2D eigenvalue weighted by Gasteiger charge is -2.12. The van der Waals surface area contributed by atoms with Crippen molar-refractivity contribution in [3.8, 4) is 23.0 Å². The van der Waals surface area contributed by atoms with Crippen LogP contribution in [0.5, 0.6) is 23.0 Å². The van der Waals surface area contributed by atoms with Gasteiger partial charge in [-0.25, -0.2) is 0 Å². The fourth-order valence-corrected chi connectivity index (χ4v) is 7.55. The molecule has 336 valence electrons. The van der Waals surface area contributed by atoms with Crippen LogP contribution in [-0.4, -0.2) is 52.4 Å². The highest BCUT2D eigenvalue weighted by molar-refractivity contribution is 7.86. The number of azo groups is 4. The first-order valence-electron chi connectivity index (χ1n) is 19.4. The Bertz CT molecular complexity index is 3350. The number of nitrogens with one attached hydrogen (secondary N) is 1. The zero-order chi connectivity index (χ0) is 47.2. The molecule has 0 unspecified atom stereocenters. The van der Waals surface area contributed by atoms with E-state index in [9.17, 15) is 31.0 Å². The van der Waals surface area contributed by atoms with Gasteiger partial charge < -0.3 is 24.6 Å². The lowest BCUT2D eigenvalue weighted by atomic mass is 10.1. The Balaban J connectivity index is 1.07. The number of anilines is 2. The van der Waals surface area contributed by atoms with Gasteiger partial charge in [-0.1, -0.05) is 18.2 Å². The number of rotatable bonds is 15. The Morgan fingerprint density at radius 2 is 1.00 bits per heavy atom. The van der Waals surface area contributed by atoms with Gasteiger partial charge in [0.25, 0.3) is 20.2 Å². The molecule has 0 amide bonds. The van der Waals surface area contributed by atoms with Crippen molar-refractivity contribution in [2.24, 2.45) is 40.9 Å². The first-order chi connectivity index (χ1) is 31.5. The molecule has 0 spiro atoms. The molecule has 0 bridgehead atoms. The van der Waals surface area contributed by atoms with Gasteiger partial charge in [0.2, 0.25) is 0 Å². The number of hydrogen-bond donors (Lipinski definition) is 4. The third kappa shape index (κ3) is 10.7. The third-order valence-corrected chi connectivity index (χ3v) is 11.5. The van der Waals surface area contributed by atoms with Crippen LogP contribution >= 0.6 is 0 Å². The monoisotopic (exact) mass is 929 g/mol. The van der Waals surface area contributed by atoms with E-state index in [4.69, 9.17) is 14.2 Å². The molecule has 0 saturated carbocycles. The standard InChI is InChI=1S/C45H39N9O10S2/c1-26-19-32(12-16-35(26)49-47-31-13-17-36(27(2)20-31)50-51-37-18-14-33(65(56,57)58)23-40(37)62-3)48-52-38-24-42(64-5)39(25-41(38)63-4)53-54-44-43(66(59,60)61)22-28-21-30(11-15-34(28)45(44)55)46-29-9-7-6-8-10-29/h6-25,46,55H,1-5H3,(H,56,57,58)(H,59,60,61). The summed E-state index contributed by atoms with van der Waals surface area (Å²) in [5, 5.41) is 49.2. The molecule has 0 aliphatic heterocycles. The van der Waals surface area contributed by atoms with Crippen molar-refractivity contribution in [1.82, 2.24) is 0 Å². The molecule has 0 aliphatic rings. The van der Waals surface area contributed by atoms with E-state index >= 15 is 0 Å². The van der Waals surface area contributed by atoms with Crippen molar-refractivity contribution in [1.29, 1.82) is 0 Å². The fraction of sp³-hybridized carbons (Fsp3) is 0.111. The minimum atomic E-state index is -4.89. The Hall–Kier alpha value is -7.98. The van der Waals surface area contributed by atoms with Crippen LogP contribution in [0.1, 0.15) is 11.1 Å². The Kier molecular flexibility index (Phi) is 13.5. The number of phenols is 1. The summed E-state index contributed by atoms with van der Waals surface area (Å²) in [4.78, 5) is -0.991. The third-order valence-electron chi connectivity index (χ3n) is 9.75. The summed E-state index contributed by atoms with van der Waals surface area (Å²) in [6.07, 6.45) is 0. The number of ether oxygens (including phenoxy) is 3. The normalized spacial score (nSPS) is 12.2. The topological polar surface area (TPSA) is 268 Å². The minimum absolute atomic E-state index is 0.0864. The van der Waals surface area contributed by atoms with Crippen LogP contribution in [0, 0.1) is 13.8 Å². The molecule has 0 radical (unpaired) electrons.